The number of carbonyl (C=O) groups is 3. The fourth-order valence-electron chi connectivity index (χ4n) is 4.40. The van der Waals surface area contributed by atoms with Crippen molar-refractivity contribution in [3.05, 3.63) is 83.4 Å². The first-order valence-electron chi connectivity index (χ1n) is 10.9. The van der Waals surface area contributed by atoms with Crippen LogP contribution in [0.15, 0.2) is 66.7 Å². The lowest BCUT2D eigenvalue weighted by atomic mass is 9.98. The molecule has 2 amide bonds. The van der Waals surface area contributed by atoms with E-state index in [1.54, 1.807) is 0 Å². The number of fused-ring (bicyclic) bond motifs is 3. The number of aromatic hydroxyl groups is 1. The Morgan fingerprint density at radius 1 is 0.941 bits per heavy atom. The van der Waals surface area contributed by atoms with Crippen molar-refractivity contribution in [2.75, 3.05) is 11.9 Å². The van der Waals surface area contributed by atoms with Crippen LogP contribution in [0, 0.1) is 0 Å². The average Bonchev–Trinajstić information content (AvgIpc) is 3.54. The van der Waals surface area contributed by atoms with E-state index in [0.717, 1.165) is 22.3 Å². The number of phenols is 1. The summed E-state index contributed by atoms with van der Waals surface area (Å²) in [6, 6.07) is 19.8. The van der Waals surface area contributed by atoms with Crippen LogP contribution in [0.2, 0.25) is 0 Å². The number of nitrogens with one attached hydrogen (secondary N) is 2. The lowest BCUT2D eigenvalue weighted by Crippen LogP contribution is -2.46. The molecule has 1 saturated carbocycles. The highest BCUT2D eigenvalue weighted by Gasteiger charge is 2.52. The molecule has 1 fully saturated rings. The number of carboxylic acid groups (broad SMARTS) is 1. The lowest BCUT2D eigenvalue weighted by Gasteiger charge is -2.19. The van der Waals surface area contributed by atoms with Crippen molar-refractivity contribution in [3.8, 4) is 16.9 Å². The summed E-state index contributed by atoms with van der Waals surface area (Å²) in [7, 11) is 0. The van der Waals surface area contributed by atoms with E-state index < -0.39 is 29.3 Å². The fourth-order valence-corrected chi connectivity index (χ4v) is 4.40. The number of hydrogen-bond donors (Lipinski definition) is 4. The fraction of sp³-hybridized carbons (Fsp3) is 0.192. The molecule has 4 N–H and O–H groups in total. The average molecular weight is 458 g/mol. The molecule has 0 spiro atoms. The number of rotatable bonds is 6. The molecule has 5 rings (SSSR count). The second-order valence-corrected chi connectivity index (χ2v) is 8.52. The van der Waals surface area contributed by atoms with Gasteiger partial charge in [0.1, 0.15) is 23.5 Å². The minimum Gasteiger partial charge on any atom is -0.507 e. The van der Waals surface area contributed by atoms with Crippen LogP contribution >= 0.6 is 0 Å². The number of benzene rings is 3. The van der Waals surface area contributed by atoms with Crippen LogP contribution in [0.4, 0.5) is 10.5 Å². The number of anilines is 1. The zero-order valence-corrected chi connectivity index (χ0v) is 18.1. The Labute approximate surface area is 195 Å². The van der Waals surface area contributed by atoms with Gasteiger partial charge in [-0.3, -0.25) is 4.79 Å². The Bertz CT molecular complexity index is 1270. The quantitative estimate of drug-likeness (QED) is 0.412. The van der Waals surface area contributed by atoms with Crippen molar-refractivity contribution in [1.82, 2.24) is 5.32 Å². The van der Waals surface area contributed by atoms with E-state index in [4.69, 9.17) is 9.84 Å². The third-order valence-corrected chi connectivity index (χ3v) is 6.35. The van der Waals surface area contributed by atoms with Crippen LogP contribution in [0.3, 0.4) is 0 Å². The zero-order chi connectivity index (χ0) is 23.9. The molecule has 3 aromatic rings. The molecule has 0 radical (unpaired) electrons. The molecule has 0 bridgehead atoms. The van der Waals surface area contributed by atoms with E-state index in [1.165, 1.54) is 18.2 Å². The van der Waals surface area contributed by atoms with Crippen LogP contribution in [0.1, 0.15) is 40.2 Å². The molecule has 0 atom stereocenters. The summed E-state index contributed by atoms with van der Waals surface area (Å²) in [5.74, 6) is -2.27. The predicted octanol–water partition coefficient (Wildman–Crippen LogP) is 4.10. The Balaban J connectivity index is 1.24. The van der Waals surface area contributed by atoms with Crippen LogP contribution in [0.25, 0.3) is 11.1 Å². The summed E-state index contributed by atoms with van der Waals surface area (Å²) in [4.78, 5) is 36.6. The highest BCUT2D eigenvalue weighted by atomic mass is 16.5. The summed E-state index contributed by atoms with van der Waals surface area (Å²) in [6.45, 7) is 0.136. The van der Waals surface area contributed by atoms with Gasteiger partial charge in [-0.25, -0.2) is 9.59 Å². The number of hydrogen-bond acceptors (Lipinski definition) is 5. The topological polar surface area (TPSA) is 125 Å². The molecule has 8 nitrogen and oxygen atoms in total. The highest BCUT2D eigenvalue weighted by Crippen LogP contribution is 2.44. The SMILES string of the molecule is O=C(NC1(C(=O)Nc2ccc(O)c(C(=O)O)c2)CC1)OCC1c2ccccc2-c2ccccc21. The van der Waals surface area contributed by atoms with Gasteiger partial charge in [0, 0.05) is 11.6 Å². The number of alkyl carbamates (subject to hydrolysis) is 1. The van der Waals surface area contributed by atoms with Crippen molar-refractivity contribution >= 4 is 23.7 Å². The first-order chi connectivity index (χ1) is 16.4. The van der Waals surface area contributed by atoms with Gasteiger partial charge in [-0.05, 0) is 53.3 Å². The summed E-state index contributed by atoms with van der Waals surface area (Å²) >= 11 is 0. The Hall–Kier alpha value is -4.33. The third-order valence-electron chi connectivity index (χ3n) is 6.35. The number of aromatic carboxylic acids is 1. The third kappa shape index (κ3) is 3.83. The van der Waals surface area contributed by atoms with Gasteiger partial charge in [-0.1, -0.05) is 48.5 Å². The molecule has 0 aromatic heterocycles. The maximum absolute atomic E-state index is 12.8. The molecule has 0 heterocycles. The Morgan fingerprint density at radius 3 is 2.15 bits per heavy atom. The maximum atomic E-state index is 12.8. The van der Waals surface area contributed by atoms with E-state index in [-0.39, 0.29) is 23.8 Å². The number of ether oxygens (including phenoxy) is 1. The predicted molar refractivity (Wildman–Crippen MR) is 124 cm³/mol. The van der Waals surface area contributed by atoms with Crippen molar-refractivity contribution < 1.29 is 29.3 Å². The minimum absolute atomic E-state index is 0.0893. The first-order valence-corrected chi connectivity index (χ1v) is 10.9. The van der Waals surface area contributed by atoms with Gasteiger partial charge in [0.25, 0.3) is 0 Å². The highest BCUT2D eigenvalue weighted by molar-refractivity contribution is 6.03. The molecule has 0 saturated heterocycles. The number of carbonyl (C=O) groups excluding carboxylic acids is 2. The molecule has 2 aliphatic rings. The summed E-state index contributed by atoms with van der Waals surface area (Å²) in [5.41, 5.74) is 3.21. The molecule has 2 aliphatic carbocycles. The van der Waals surface area contributed by atoms with Crippen LogP contribution in [0.5, 0.6) is 5.75 Å². The van der Waals surface area contributed by atoms with Gasteiger partial charge in [0.05, 0.1) is 0 Å². The summed E-state index contributed by atoms with van der Waals surface area (Å²) in [6.07, 6.45) is 0.186. The number of carboxylic acids is 1. The number of amides is 2. The molecular formula is C26H22N2O6. The van der Waals surface area contributed by atoms with Crippen molar-refractivity contribution in [1.29, 1.82) is 0 Å². The van der Waals surface area contributed by atoms with E-state index in [1.807, 2.05) is 36.4 Å². The van der Waals surface area contributed by atoms with Crippen LogP contribution in [-0.4, -0.2) is 40.3 Å². The van der Waals surface area contributed by atoms with E-state index in [2.05, 4.69) is 22.8 Å². The van der Waals surface area contributed by atoms with Gasteiger partial charge in [0.2, 0.25) is 5.91 Å². The molecule has 8 heteroatoms. The molecule has 0 aliphatic heterocycles. The molecule has 172 valence electrons. The van der Waals surface area contributed by atoms with E-state index >= 15 is 0 Å². The van der Waals surface area contributed by atoms with Gasteiger partial charge in [0.15, 0.2) is 0 Å². The second kappa shape index (κ2) is 8.22. The first kappa shape index (κ1) is 21.5. The lowest BCUT2D eigenvalue weighted by molar-refractivity contribution is -0.119. The molecule has 34 heavy (non-hydrogen) atoms. The monoisotopic (exact) mass is 458 g/mol. The van der Waals surface area contributed by atoms with E-state index in [9.17, 15) is 19.5 Å². The Morgan fingerprint density at radius 2 is 1.56 bits per heavy atom. The normalized spacial score (nSPS) is 15.1. The van der Waals surface area contributed by atoms with Gasteiger partial charge >= 0.3 is 12.1 Å². The van der Waals surface area contributed by atoms with E-state index in [0.29, 0.717) is 12.8 Å². The van der Waals surface area contributed by atoms with Crippen molar-refractivity contribution in [2.24, 2.45) is 0 Å². The minimum atomic E-state index is -1.31. The van der Waals surface area contributed by atoms with Gasteiger partial charge < -0.3 is 25.6 Å². The van der Waals surface area contributed by atoms with Crippen molar-refractivity contribution in [2.45, 2.75) is 24.3 Å². The molecule has 0 unspecified atom stereocenters. The summed E-state index contributed by atoms with van der Waals surface area (Å²) < 4.78 is 5.54. The second-order valence-electron chi connectivity index (χ2n) is 8.52. The van der Waals surface area contributed by atoms with Crippen LogP contribution < -0.4 is 10.6 Å². The largest absolute Gasteiger partial charge is 0.507 e. The van der Waals surface area contributed by atoms with Crippen LogP contribution in [-0.2, 0) is 9.53 Å². The summed E-state index contributed by atoms with van der Waals surface area (Å²) in [5, 5.41) is 24.1. The maximum Gasteiger partial charge on any atom is 0.408 e. The van der Waals surface area contributed by atoms with Crippen molar-refractivity contribution in [3.63, 3.8) is 0 Å². The standard InChI is InChI=1S/C26H22N2O6/c29-22-10-9-15(13-20(22)23(30)31)27-24(32)26(11-12-26)28-25(33)34-14-21-18-7-3-1-5-16(18)17-6-2-4-8-19(17)21/h1-10,13,21,29H,11-12,14H2,(H,27,32)(H,28,33)(H,30,31). The van der Waals surface area contributed by atoms with Gasteiger partial charge in [-0.2, -0.15) is 0 Å². The Kier molecular flexibility index (Phi) is 5.20. The zero-order valence-electron chi connectivity index (χ0n) is 18.1. The molecule has 3 aromatic carbocycles. The van der Waals surface area contributed by atoms with Gasteiger partial charge in [-0.15, -0.1) is 0 Å². The smallest absolute Gasteiger partial charge is 0.408 e. The molecular weight excluding hydrogens is 436 g/mol.